The Bertz CT molecular complexity index is 315. The van der Waals surface area contributed by atoms with E-state index < -0.39 is 0 Å². The normalized spacial score (nSPS) is 13.1. The molecule has 2 N–H and O–H groups in total. The summed E-state index contributed by atoms with van der Waals surface area (Å²) < 4.78 is 2.10. The van der Waals surface area contributed by atoms with Gasteiger partial charge in [0.2, 0.25) is 0 Å². The lowest BCUT2D eigenvalue weighted by molar-refractivity contribution is 0.612. The summed E-state index contributed by atoms with van der Waals surface area (Å²) in [6.45, 7) is 9.52. The van der Waals surface area contributed by atoms with E-state index in [1.54, 1.807) is 0 Å². The van der Waals surface area contributed by atoms with Gasteiger partial charge >= 0.3 is 0 Å². The van der Waals surface area contributed by atoms with Crippen LogP contribution in [0.2, 0.25) is 0 Å². The Morgan fingerprint density at radius 1 is 1.20 bits per heavy atom. The average molecular weight is 209 g/mol. The van der Waals surface area contributed by atoms with Crippen molar-refractivity contribution in [3.8, 4) is 0 Å². The number of aryl methyl sites for hydroxylation is 2. The molecular weight excluding hydrogens is 186 g/mol. The Balaban J connectivity index is 3.24. The maximum absolute atomic E-state index is 6.16. The molecule has 3 nitrogen and oxygen atoms in total. The molecular formula is C12H23N3. The third-order valence-electron chi connectivity index (χ3n) is 2.95. The van der Waals surface area contributed by atoms with Crippen LogP contribution in [0.5, 0.6) is 0 Å². The fourth-order valence-corrected chi connectivity index (χ4v) is 2.09. The summed E-state index contributed by atoms with van der Waals surface area (Å²) in [4.78, 5) is 0. The Morgan fingerprint density at radius 2 is 1.87 bits per heavy atom. The van der Waals surface area contributed by atoms with Crippen LogP contribution in [-0.4, -0.2) is 9.78 Å². The first-order valence-corrected chi connectivity index (χ1v) is 6.03. The van der Waals surface area contributed by atoms with E-state index in [4.69, 9.17) is 5.73 Å². The largest absolute Gasteiger partial charge is 0.324 e. The Labute approximate surface area is 92.7 Å². The van der Waals surface area contributed by atoms with Crippen molar-refractivity contribution in [1.82, 2.24) is 9.78 Å². The fourth-order valence-electron chi connectivity index (χ4n) is 2.09. The van der Waals surface area contributed by atoms with Crippen LogP contribution in [0.4, 0.5) is 0 Å². The highest BCUT2D eigenvalue weighted by Gasteiger charge is 2.18. The van der Waals surface area contributed by atoms with Crippen molar-refractivity contribution in [2.45, 2.75) is 59.5 Å². The van der Waals surface area contributed by atoms with Crippen molar-refractivity contribution in [1.29, 1.82) is 0 Å². The first-order valence-electron chi connectivity index (χ1n) is 6.03. The molecule has 0 aliphatic rings. The zero-order valence-electron chi connectivity index (χ0n) is 10.4. The SMILES string of the molecule is CCc1nn(CC)c(CC)c1C(N)CC. The predicted molar refractivity (Wildman–Crippen MR) is 63.9 cm³/mol. The summed E-state index contributed by atoms with van der Waals surface area (Å²) in [5, 5.41) is 4.62. The minimum atomic E-state index is 0.148. The summed E-state index contributed by atoms with van der Waals surface area (Å²) >= 11 is 0. The zero-order valence-corrected chi connectivity index (χ0v) is 10.4. The van der Waals surface area contributed by atoms with E-state index in [1.165, 1.54) is 17.0 Å². The topological polar surface area (TPSA) is 43.8 Å². The van der Waals surface area contributed by atoms with Gasteiger partial charge in [0.15, 0.2) is 0 Å². The molecule has 1 unspecified atom stereocenters. The van der Waals surface area contributed by atoms with Crippen molar-refractivity contribution in [3.63, 3.8) is 0 Å². The van der Waals surface area contributed by atoms with Gasteiger partial charge in [0.05, 0.1) is 5.69 Å². The molecule has 0 spiro atoms. The van der Waals surface area contributed by atoms with Gasteiger partial charge in [-0.05, 0) is 26.2 Å². The third-order valence-corrected chi connectivity index (χ3v) is 2.95. The maximum Gasteiger partial charge on any atom is 0.0672 e. The van der Waals surface area contributed by atoms with E-state index in [1.807, 2.05) is 0 Å². The van der Waals surface area contributed by atoms with Crippen LogP contribution in [0.1, 0.15) is 57.1 Å². The molecule has 1 heterocycles. The molecule has 15 heavy (non-hydrogen) atoms. The average Bonchev–Trinajstić information content (AvgIpc) is 2.65. The van der Waals surface area contributed by atoms with Crippen LogP contribution in [0.25, 0.3) is 0 Å². The number of rotatable bonds is 5. The molecule has 0 bridgehead atoms. The zero-order chi connectivity index (χ0) is 11.4. The number of hydrogen-bond donors (Lipinski definition) is 1. The summed E-state index contributed by atoms with van der Waals surface area (Å²) in [5.74, 6) is 0. The molecule has 0 fully saturated rings. The fraction of sp³-hybridized carbons (Fsp3) is 0.750. The number of nitrogens with zero attached hydrogens (tertiary/aromatic N) is 2. The second-order valence-electron chi connectivity index (χ2n) is 3.84. The van der Waals surface area contributed by atoms with Crippen molar-refractivity contribution in [3.05, 3.63) is 17.0 Å². The molecule has 1 aromatic rings. The van der Waals surface area contributed by atoms with E-state index in [-0.39, 0.29) is 6.04 Å². The highest BCUT2D eigenvalue weighted by molar-refractivity contribution is 5.30. The van der Waals surface area contributed by atoms with Gasteiger partial charge in [0, 0.05) is 23.8 Å². The first kappa shape index (κ1) is 12.2. The van der Waals surface area contributed by atoms with E-state index >= 15 is 0 Å². The Kier molecular flexibility index (Phi) is 4.33. The Hall–Kier alpha value is -0.830. The molecule has 0 aromatic carbocycles. The van der Waals surface area contributed by atoms with Crippen LogP contribution in [-0.2, 0) is 19.4 Å². The first-order chi connectivity index (χ1) is 7.19. The van der Waals surface area contributed by atoms with Crippen molar-refractivity contribution in [2.24, 2.45) is 5.73 Å². The highest BCUT2D eigenvalue weighted by Crippen LogP contribution is 2.24. The molecule has 0 amide bonds. The molecule has 0 radical (unpaired) electrons. The van der Waals surface area contributed by atoms with Gasteiger partial charge in [0.25, 0.3) is 0 Å². The van der Waals surface area contributed by atoms with E-state index in [2.05, 4.69) is 37.5 Å². The van der Waals surface area contributed by atoms with E-state index in [0.717, 1.165) is 25.8 Å². The van der Waals surface area contributed by atoms with Crippen molar-refractivity contribution < 1.29 is 0 Å². The molecule has 3 heteroatoms. The lowest BCUT2D eigenvalue weighted by Crippen LogP contribution is -2.13. The van der Waals surface area contributed by atoms with Gasteiger partial charge in [-0.15, -0.1) is 0 Å². The summed E-state index contributed by atoms with van der Waals surface area (Å²) in [7, 11) is 0. The van der Waals surface area contributed by atoms with Gasteiger partial charge in [-0.2, -0.15) is 5.10 Å². The lowest BCUT2D eigenvalue weighted by Gasteiger charge is -2.11. The van der Waals surface area contributed by atoms with Gasteiger partial charge in [0.1, 0.15) is 0 Å². The summed E-state index contributed by atoms with van der Waals surface area (Å²) in [6, 6.07) is 0.148. The number of nitrogens with two attached hydrogens (primary N) is 1. The minimum Gasteiger partial charge on any atom is -0.324 e. The number of aromatic nitrogens is 2. The lowest BCUT2D eigenvalue weighted by atomic mass is 10.00. The van der Waals surface area contributed by atoms with Crippen LogP contribution >= 0.6 is 0 Å². The van der Waals surface area contributed by atoms with Crippen LogP contribution in [0, 0.1) is 0 Å². The van der Waals surface area contributed by atoms with Crippen molar-refractivity contribution in [2.75, 3.05) is 0 Å². The molecule has 86 valence electrons. The highest BCUT2D eigenvalue weighted by atomic mass is 15.3. The summed E-state index contributed by atoms with van der Waals surface area (Å²) in [5.41, 5.74) is 9.96. The second kappa shape index (κ2) is 5.31. The van der Waals surface area contributed by atoms with Gasteiger partial charge < -0.3 is 5.73 Å². The van der Waals surface area contributed by atoms with Gasteiger partial charge in [-0.25, -0.2) is 0 Å². The molecule has 0 aliphatic heterocycles. The molecule has 0 saturated carbocycles. The molecule has 1 rings (SSSR count). The van der Waals surface area contributed by atoms with Crippen LogP contribution in [0.15, 0.2) is 0 Å². The van der Waals surface area contributed by atoms with Crippen molar-refractivity contribution >= 4 is 0 Å². The third kappa shape index (κ3) is 2.23. The van der Waals surface area contributed by atoms with Gasteiger partial charge in [-0.1, -0.05) is 20.8 Å². The van der Waals surface area contributed by atoms with Crippen LogP contribution < -0.4 is 5.73 Å². The predicted octanol–water partition coefficient (Wildman–Crippen LogP) is 2.44. The minimum absolute atomic E-state index is 0.148. The maximum atomic E-state index is 6.16. The molecule has 1 aromatic heterocycles. The van der Waals surface area contributed by atoms with E-state index in [0.29, 0.717) is 0 Å². The number of hydrogen-bond acceptors (Lipinski definition) is 2. The smallest absolute Gasteiger partial charge is 0.0672 e. The Morgan fingerprint density at radius 3 is 2.27 bits per heavy atom. The quantitative estimate of drug-likeness (QED) is 0.809. The van der Waals surface area contributed by atoms with Gasteiger partial charge in [-0.3, -0.25) is 4.68 Å². The standard InChI is InChI=1S/C12H23N3/c1-5-9(13)12-10(6-2)14-15(8-4)11(12)7-3/h9H,5-8,13H2,1-4H3. The molecule has 1 atom stereocenters. The molecule has 0 aliphatic carbocycles. The van der Waals surface area contributed by atoms with E-state index in [9.17, 15) is 0 Å². The molecule has 0 saturated heterocycles. The second-order valence-corrected chi connectivity index (χ2v) is 3.84. The summed E-state index contributed by atoms with van der Waals surface area (Å²) in [6.07, 6.45) is 2.97. The van der Waals surface area contributed by atoms with Crippen LogP contribution in [0.3, 0.4) is 0 Å². The monoisotopic (exact) mass is 209 g/mol.